The van der Waals surface area contributed by atoms with E-state index in [0.29, 0.717) is 11.3 Å². The van der Waals surface area contributed by atoms with Gasteiger partial charge in [0, 0.05) is 18.5 Å². The summed E-state index contributed by atoms with van der Waals surface area (Å²) in [7, 11) is -15.3. The van der Waals surface area contributed by atoms with E-state index in [4.69, 9.17) is 19.3 Å². The van der Waals surface area contributed by atoms with Crippen LogP contribution in [0.15, 0.2) is 30.9 Å². The number of rotatable bonds is 13. The van der Waals surface area contributed by atoms with E-state index < -0.39 is 53.4 Å². The minimum absolute atomic E-state index is 0.000590. The maximum atomic E-state index is 12.0. The number of nitro groups is 1. The summed E-state index contributed by atoms with van der Waals surface area (Å²) < 4.78 is 58.2. The quantitative estimate of drug-likeness (QED) is 0.0859. The van der Waals surface area contributed by atoms with Crippen molar-refractivity contribution in [3.8, 4) is 5.75 Å². The highest BCUT2D eigenvalue weighted by molar-refractivity contribution is 7.66. The highest BCUT2D eigenvalue weighted by atomic mass is 31.3. The number of fused-ring (bicyclic) bond motifs is 1. The molecule has 21 nitrogen and oxygen atoms in total. The Bertz CT molecular complexity index is 1610. The first kappa shape index (κ1) is 32.0. The van der Waals surface area contributed by atoms with Crippen LogP contribution in [0, 0.1) is 10.1 Å². The van der Waals surface area contributed by atoms with Crippen LogP contribution in [0.2, 0.25) is 0 Å². The molecule has 6 N–H and O–H groups in total. The highest BCUT2D eigenvalue weighted by Crippen LogP contribution is 2.66. The normalized spacial score (nSPS) is 22.0. The number of aromatic nitrogens is 4. The Morgan fingerprint density at radius 2 is 1.88 bits per heavy atom. The third kappa shape index (κ3) is 7.93. The molecule has 0 amide bonds. The Labute approximate surface area is 234 Å². The van der Waals surface area contributed by atoms with Gasteiger partial charge in [-0.25, -0.2) is 28.6 Å². The molecule has 4 rings (SSSR count). The fourth-order valence-electron chi connectivity index (χ4n) is 3.87. The van der Waals surface area contributed by atoms with Crippen molar-refractivity contribution in [2.75, 3.05) is 19.0 Å². The van der Waals surface area contributed by atoms with Crippen LogP contribution >= 0.6 is 23.5 Å². The van der Waals surface area contributed by atoms with E-state index in [-0.39, 0.29) is 35.6 Å². The standard InChI is InChI=1S/C18H23N6O15P3/c1-35-11-3-2-10(12(4-11)24(26)27)6-19-17-16-18(21-8-20-17)23(9-22-16)15-5-13(25)14(37-15)7-36-41(31,32)39-42(33,34)38-40(28,29)30/h2-4,8-9,13-15,25H,5-7H2,1H3,(H,31,32)(H,33,34)(H,19,20,21)(H2,28,29,30)/t13-,14-,15-/m1/s1. The summed E-state index contributed by atoms with van der Waals surface area (Å²) in [6.45, 7) is -0.850. The molecule has 1 saturated heterocycles. The number of nitrogens with zero attached hydrogens (tertiary/aromatic N) is 5. The summed E-state index contributed by atoms with van der Waals surface area (Å²) in [5.74, 6) is 0.541. The lowest BCUT2D eigenvalue weighted by Gasteiger charge is -2.19. The highest BCUT2D eigenvalue weighted by Gasteiger charge is 2.43. The van der Waals surface area contributed by atoms with Gasteiger partial charge in [0.15, 0.2) is 17.0 Å². The summed E-state index contributed by atoms with van der Waals surface area (Å²) in [5, 5.41) is 24.8. The second-order valence-corrected chi connectivity index (χ2v) is 12.9. The van der Waals surface area contributed by atoms with Gasteiger partial charge in [0.05, 0.1) is 37.1 Å². The Morgan fingerprint density at radius 3 is 2.55 bits per heavy atom. The number of hydrogen-bond acceptors (Lipinski definition) is 15. The van der Waals surface area contributed by atoms with Crippen LogP contribution in [0.5, 0.6) is 5.75 Å². The number of nitro benzene ring substituents is 1. The first-order valence-corrected chi connectivity index (χ1v) is 15.9. The molecule has 2 aromatic heterocycles. The molecule has 0 aliphatic carbocycles. The molecular weight excluding hydrogens is 633 g/mol. The average molecular weight is 656 g/mol. The van der Waals surface area contributed by atoms with Crippen molar-refractivity contribution in [1.82, 2.24) is 19.5 Å². The largest absolute Gasteiger partial charge is 0.497 e. The number of anilines is 1. The van der Waals surface area contributed by atoms with Gasteiger partial charge in [-0.15, -0.1) is 0 Å². The fraction of sp³-hybridized carbons (Fsp3) is 0.389. The number of hydrogen-bond donors (Lipinski definition) is 6. The maximum Gasteiger partial charge on any atom is 0.490 e. The number of phosphoric ester groups is 1. The smallest absolute Gasteiger partial charge is 0.490 e. The monoisotopic (exact) mass is 656 g/mol. The lowest BCUT2D eigenvalue weighted by molar-refractivity contribution is -0.385. The van der Waals surface area contributed by atoms with Gasteiger partial charge in [0.2, 0.25) is 0 Å². The lowest BCUT2D eigenvalue weighted by atomic mass is 10.1. The maximum absolute atomic E-state index is 12.0. The minimum atomic E-state index is -5.71. The van der Waals surface area contributed by atoms with Crippen molar-refractivity contribution in [2.24, 2.45) is 0 Å². The number of phosphoric acid groups is 3. The topological polar surface area (TPSA) is 297 Å². The molecule has 1 fully saturated rings. The zero-order valence-electron chi connectivity index (χ0n) is 21.1. The van der Waals surface area contributed by atoms with Crippen LogP contribution in [-0.2, 0) is 38.1 Å². The molecule has 3 aromatic rings. The summed E-state index contributed by atoms with van der Waals surface area (Å²) in [5.41, 5.74) is 0.659. The molecule has 0 bridgehead atoms. The molecule has 5 atom stereocenters. The molecule has 0 radical (unpaired) electrons. The number of imidazole rings is 1. The van der Waals surface area contributed by atoms with Gasteiger partial charge in [0.1, 0.15) is 24.4 Å². The van der Waals surface area contributed by atoms with Gasteiger partial charge >= 0.3 is 23.5 Å². The number of aliphatic hydroxyl groups excluding tert-OH is 1. The minimum Gasteiger partial charge on any atom is -0.497 e. The van der Waals surface area contributed by atoms with Gasteiger partial charge in [-0.2, -0.15) is 8.62 Å². The second-order valence-electron chi connectivity index (χ2n) is 8.47. The van der Waals surface area contributed by atoms with Crippen molar-refractivity contribution < 1.29 is 65.9 Å². The zero-order valence-corrected chi connectivity index (χ0v) is 23.8. The van der Waals surface area contributed by atoms with Gasteiger partial charge < -0.3 is 39.5 Å². The third-order valence-corrected chi connectivity index (χ3v) is 9.43. The van der Waals surface area contributed by atoms with E-state index in [1.54, 1.807) is 6.07 Å². The molecule has 1 aliphatic rings. The van der Waals surface area contributed by atoms with Gasteiger partial charge in [-0.05, 0) is 12.1 Å². The Balaban J connectivity index is 1.43. The first-order valence-electron chi connectivity index (χ1n) is 11.4. The second kappa shape index (κ2) is 12.4. The number of nitrogens with one attached hydrogen (secondary N) is 1. The van der Waals surface area contributed by atoms with Crippen LogP contribution < -0.4 is 10.1 Å². The molecule has 0 spiro atoms. The van der Waals surface area contributed by atoms with Crippen molar-refractivity contribution in [3.05, 3.63) is 46.5 Å². The lowest BCUT2D eigenvalue weighted by Crippen LogP contribution is -2.26. The molecule has 2 unspecified atom stereocenters. The van der Waals surface area contributed by atoms with Crippen LogP contribution in [0.25, 0.3) is 11.2 Å². The first-order chi connectivity index (χ1) is 19.6. The number of methoxy groups -OCH3 is 1. The fourth-order valence-corrected chi connectivity index (χ4v) is 6.90. The van der Waals surface area contributed by atoms with Crippen molar-refractivity contribution >= 4 is 46.1 Å². The van der Waals surface area contributed by atoms with Gasteiger partial charge in [-0.3, -0.25) is 19.2 Å². The number of ether oxygens (including phenoxy) is 2. The molecule has 0 saturated carbocycles. The van der Waals surface area contributed by atoms with Crippen LogP contribution in [0.4, 0.5) is 11.5 Å². The Morgan fingerprint density at radius 1 is 1.14 bits per heavy atom. The molecule has 42 heavy (non-hydrogen) atoms. The average Bonchev–Trinajstić information content (AvgIpc) is 3.47. The van der Waals surface area contributed by atoms with Crippen molar-refractivity contribution in [2.45, 2.75) is 31.4 Å². The summed E-state index contributed by atoms with van der Waals surface area (Å²) in [6.07, 6.45) is -1.04. The Kier molecular flexibility index (Phi) is 9.43. The molecule has 230 valence electrons. The van der Waals surface area contributed by atoms with Crippen LogP contribution in [-0.4, -0.2) is 75.0 Å². The molecular formula is C18H23N6O15P3. The predicted molar refractivity (Wildman–Crippen MR) is 137 cm³/mol. The molecule has 1 aliphatic heterocycles. The zero-order chi connectivity index (χ0) is 30.9. The third-order valence-electron chi connectivity index (χ3n) is 5.63. The SMILES string of the molecule is COc1ccc(CNc2ncnc3c2ncn3[C@H]2C[C@@H](O)[C@@H](COP(=O)(O)OP(=O)(O)OP(=O)(O)O)O2)c([N+](=O)[O-])c1. The van der Waals surface area contributed by atoms with E-state index in [9.17, 15) is 38.7 Å². The van der Waals surface area contributed by atoms with Gasteiger partial charge in [0.25, 0.3) is 5.69 Å². The van der Waals surface area contributed by atoms with E-state index in [1.165, 1.54) is 36.5 Å². The van der Waals surface area contributed by atoms with E-state index >= 15 is 0 Å². The van der Waals surface area contributed by atoms with Crippen LogP contribution in [0.3, 0.4) is 0 Å². The van der Waals surface area contributed by atoms with Crippen LogP contribution in [0.1, 0.15) is 18.2 Å². The summed E-state index contributed by atoms with van der Waals surface area (Å²) >= 11 is 0. The van der Waals surface area contributed by atoms with E-state index in [2.05, 4.69) is 33.4 Å². The van der Waals surface area contributed by atoms with Crippen molar-refractivity contribution in [1.29, 1.82) is 0 Å². The number of aliphatic hydroxyl groups is 1. The van der Waals surface area contributed by atoms with Gasteiger partial charge in [-0.1, -0.05) is 0 Å². The summed E-state index contributed by atoms with van der Waals surface area (Å²) in [4.78, 5) is 59.6. The predicted octanol–water partition coefficient (Wildman–Crippen LogP) is 1.35. The molecule has 24 heteroatoms. The molecule has 3 heterocycles. The van der Waals surface area contributed by atoms with E-state index in [1.807, 2.05) is 0 Å². The Hall–Kier alpha value is -2.90. The molecule has 1 aromatic carbocycles. The van der Waals surface area contributed by atoms with Crippen molar-refractivity contribution in [3.63, 3.8) is 0 Å². The van der Waals surface area contributed by atoms with E-state index in [0.717, 1.165) is 0 Å². The summed E-state index contributed by atoms with van der Waals surface area (Å²) in [6, 6.07) is 4.37. The number of benzene rings is 1.